The molecule has 1 aliphatic heterocycles. The number of anilines is 1. The minimum atomic E-state index is -0.717. The van der Waals surface area contributed by atoms with E-state index in [1.54, 1.807) is 24.3 Å². The maximum absolute atomic E-state index is 13.8. The van der Waals surface area contributed by atoms with Gasteiger partial charge in [0.25, 0.3) is 0 Å². The average Bonchev–Trinajstić information content (AvgIpc) is 2.56. The van der Waals surface area contributed by atoms with Crippen LogP contribution >= 0.6 is 0 Å². The number of aliphatic hydroxyl groups excluding tert-OH is 1. The third kappa shape index (κ3) is 3.86. The van der Waals surface area contributed by atoms with E-state index in [-0.39, 0.29) is 11.6 Å². The number of piperazine rings is 1. The molecule has 0 radical (unpaired) electrons. The lowest BCUT2D eigenvalue weighted by Crippen LogP contribution is -2.47. The third-order valence-corrected chi connectivity index (χ3v) is 4.23. The zero-order valence-corrected chi connectivity index (χ0v) is 12.8. The Morgan fingerprint density at radius 1 is 0.957 bits per heavy atom. The molecular weight excluding hydrogens is 298 g/mol. The number of hydrogen-bond donors (Lipinski definition) is 1. The van der Waals surface area contributed by atoms with E-state index in [1.165, 1.54) is 18.2 Å². The molecule has 0 amide bonds. The van der Waals surface area contributed by atoms with Crippen molar-refractivity contribution in [1.82, 2.24) is 4.90 Å². The Hall–Kier alpha value is -1.98. The molecule has 5 heteroatoms. The van der Waals surface area contributed by atoms with E-state index in [4.69, 9.17) is 0 Å². The van der Waals surface area contributed by atoms with Gasteiger partial charge in [-0.25, -0.2) is 8.78 Å². The lowest BCUT2D eigenvalue weighted by Gasteiger charge is -2.37. The molecule has 2 aromatic carbocycles. The van der Waals surface area contributed by atoms with E-state index in [9.17, 15) is 13.9 Å². The number of benzene rings is 2. The number of hydrogen-bond acceptors (Lipinski definition) is 3. The summed E-state index contributed by atoms with van der Waals surface area (Å²) in [7, 11) is 0. The molecule has 1 heterocycles. The second-order valence-electron chi connectivity index (χ2n) is 5.81. The van der Waals surface area contributed by atoms with Crippen LogP contribution in [0.1, 0.15) is 11.7 Å². The molecule has 23 heavy (non-hydrogen) atoms. The van der Waals surface area contributed by atoms with Gasteiger partial charge in [0.15, 0.2) is 0 Å². The summed E-state index contributed by atoms with van der Waals surface area (Å²) in [4.78, 5) is 4.13. The number of halogens is 2. The summed E-state index contributed by atoms with van der Waals surface area (Å²) < 4.78 is 27.0. The summed E-state index contributed by atoms with van der Waals surface area (Å²) in [6.45, 7) is 3.34. The zero-order valence-electron chi connectivity index (χ0n) is 12.8. The highest BCUT2D eigenvalue weighted by molar-refractivity contribution is 5.48. The maximum Gasteiger partial charge on any atom is 0.146 e. The highest BCUT2D eigenvalue weighted by atomic mass is 19.1. The fraction of sp³-hybridized carbons (Fsp3) is 0.333. The van der Waals surface area contributed by atoms with Crippen LogP contribution < -0.4 is 4.90 Å². The van der Waals surface area contributed by atoms with Crippen molar-refractivity contribution in [2.24, 2.45) is 0 Å². The van der Waals surface area contributed by atoms with E-state index in [0.29, 0.717) is 30.9 Å². The van der Waals surface area contributed by atoms with Crippen LogP contribution in [-0.4, -0.2) is 42.7 Å². The third-order valence-electron chi connectivity index (χ3n) is 4.23. The first-order valence-corrected chi connectivity index (χ1v) is 7.79. The van der Waals surface area contributed by atoms with Gasteiger partial charge >= 0.3 is 0 Å². The molecule has 1 atom stereocenters. The van der Waals surface area contributed by atoms with Gasteiger partial charge in [-0.3, -0.25) is 4.90 Å². The molecule has 0 spiro atoms. The SMILES string of the molecule is OC(CN1CCN(c2ccccc2F)CC1)c1cccc(F)c1. The van der Waals surface area contributed by atoms with Crippen LogP contribution in [0.5, 0.6) is 0 Å². The molecule has 1 saturated heterocycles. The first-order valence-electron chi connectivity index (χ1n) is 7.79. The Morgan fingerprint density at radius 3 is 2.39 bits per heavy atom. The number of rotatable bonds is 4. The topological polar surface area (TPSA) is 26.7 Å². The standard InChI is InChI=1S/C18H20F2N2O/c19-15-5-3-4-14(12-15)18(23)13-21-8-10-22(11-9-21)17-7-2-1-6-16(17)20/h1-7,12,18,23H,8-11,13H2. The van der Waals surface area contributed by atoms with Gasteiger partial charge in [-0.2, -0.15) is 0 Å². The van der Waals surface area contributed by atoms with Crippen LogP contribution in [0.25, 0.3) is 0 Å². The van der Waals surface area contributed by atoms with Crippen molar-refractivity contribution >= 4 is 5.69 Å². The number of aliphatic hydroxyl groups is 1. The lowest BCUT2D eigenvalue weighted by atomic mass is 10.1. The quantitative estimate of drug-likeness (QED) is 0.939. The van der Waals surface area contributed by atoms with E-state index in [1.807, 2.05) is 11.0 Å². The normalized spacial score (nSPS) is 17.3. The Labute approximate surface area is 134 Å². The zero-order chi connectivity index (χ0) is 16.2. The fourth-order valence-electron chi connectivity index (χ4n) is 2.94. The van der Waals surface area contributed by atoms with Crippen molar-refractivity contribution in [2.75, 3.05) is 37.6 Å². The minimum Gasteiger partial charge on any atom is -0.387 e. The Kier molecular flexibility index (Phi) is 4.88. The van der Waals surface area contributed by atoms with Crippen LogP contribution in [0.2, 0.25) is 0 Å². The van der Waals surface area contributed by atoms with Crippen molar-refractivity contribution in [1.29, 1.82) is 0 Å². The Balaban J connectivity index is 1.56. The summed E-state index contributed by atoms with van der Waals surface area (Å²) in [5, 5.41) is 10.2. The van der Waals surface area contributed by atoms with E-state index in [0.717, 1.165) is 13.1 Å². The first kappa shape index (κ1) is 15.9. The van der Waals surface area contributed by atoms with Crippen molar-refractivity contribution in [2.45, 2.75) is 6.10 Å². The molecular formula is C18H20F2N2O. The number of β-amino-alcohol motifs (C(OH)–C–C–N with tert-alkyl or cyclic N) is 1. The van der Waals surface area contributed by atoms with Crippen molar-refractivity contribution in [3.63, 3.8) is 0 Å². The first-order chi connectivity index (χ1) is 11.1. The summed E-state index contributed by atoms with van der Waals surface area (Å²) in [6.07, 6.45) is -0.717. The predicted octanol–water partition coefficient (Wildman–Crippen LogP) is 2.82. The van der Waals surface area contributed by atoms with Gasteiger partial charge in [-0.1, -0.05) is 24.3 Å². The highest BCUT2D eigenvalue weighted by Gasteiger charge is 2.21. The summed E-state index contributed by atoms with van der Waals surface area (Å²) in [5.41, 5.74) is 1.21. The molecule has 1 unspecified atom stereocenters. The molecule has 0 aromatic heterocycles. The summed E-state index contributed by atoms with van der Waals surface area (Å²) in [6, 6.07) is 12.8. The molecule has 0 saturated carbocycles. The monoisotopic (exact) mass is 318 g/mol. The fourth-order valence-corrected chi connectivity index (χ4v) is 2.94. The van der Waals surface area contributed by atoms with Crippen molar-refractivity contribution in [3.05, 3.63) is 65.7 Å². The summed E-state index contributed by atoms with van der Waals surface area (Å²) in [5.74, 6) is -0.549. The Morgan fingerprint density at radius 2 is 1.70 bits per heavy atom. The summed E-state index contributed by atoms with van der Waals surface area (Å²) >= 11 is 0. The average molecular weight is 318 g/mol. The van der Waals surface area contributed by atoms with Crippen molar-refractivity contribution in [3.8, 4) is 0 Å². The molecule has 0 aliphatic carbocycles. The highest BCUT2D eigenvalue weighted by Crippen LogP contribution is 2.21. The van der Waals surface area contributed by atoms with E-state index < -0.39 is 6.10 Å². The number of nitrogens with zero attached hydrogens (tertiary/aromatic N) is 2. The molecule has 122 valence electrons. The van der Waals surface area contributed by atoms with Crippen LogP contribution in [0.3, 0.4) is 0 Å². The number of para-hydroxylation sites is 1. The smallest absolute Gasteiger partial charge is 0.146 e. The van der Waals surface area contributed by atoms with Gasteiger partial charge in [0.1, 0.15) is 11.6 Å². The molecule has 3 rings (SSSR count). The molecule has 1 aliphatic rings. The maximum atomic E-state index is 13.8. The predicted molar refractivity (Wildman–Crippen MR) is 86.4 cm³/mol. The second kappa shape index (κ2) is 7.06. The molecule has 3 nitrogen and oxygen atoms in total. The van der Waals surface area contributed by atoms with Crippen molar-refractivity contribution < 1.29 is 13.9 Å². The van der Waals surface area contributed by atoms with Crippen LogP contribution in [0.4, 0.5) is 14.5 Å². The van der Waals surface area contributed by atoms with Crippen LogP contribution in [0, 0.1) is 11.6 Å². The molecule has 0 bridgehead atoms. The largest absolute Gasteiger partial charge is 0.387 e. The molecule has 1 fully saturated rings. The van der Waals surface area contributed by atoms with E-state index in [2.05, 4.69) is 4.90 Å². The van der Waals surface area contributed by atoms with Gasteiger partial charge in [0.05, 0.1) is 11.8 Å². The van der Waals surface area contributed by atoms with Crippen LogP contribution in [-0.2, 0) is 0 Å². The lowest BCUT2D eigenvalue weighted by molar-refractivity contribution is 0.109. The van der Waals surface area contributed by atoms with Gasteiger partial charge in [0.2, 0.25) is 0 Å². The Bertz CT molecular complexity index is 657. The van der Waals surface area contributed by atoms with Gasteiger partial charge in [-0.05, 0) is 29.8 Å². The molecule has 1 N–H and O–H groups in total. The van der Waals surface area contributed by atoms with Gasteiger partial charge in [0, 0.05) is 32.7 Å². The van der Waals surface area contributed by atoms with E-state index >= 15 is 0 Å². The van der Waals surface area contributed by atoms with Gasteiger partial charge in [-0.15, -0.1) is 0 Å². The molecule has 2 aromatic rings. The van der Waals surface area contributed by atoms with Crippen LogP contribution in [0.15, 0.2) is 48.5 Å². The minimum absolute atomic E-state index is 0.208. The van der Waals surface area contributed by atoms with Gasteiger partial charge < -0.3 is 10.0 Å². The second-order valence-corrected chi connectivity index (χ2v) is 5.81.